The van der Waals surface area contributed by atoms with E-state index >= 15 is 0 Å². The third-order valence-electron chi connectivity index (χ3n) is 3.97. The second kappa shape index (κ2) is 7.21. The number of pyridine rings is 1. The number of aryl methyl sites for hydroxylation is 1. The number of hydrogen-bond donors (Lipinski definition) is 1. The van der Waals surface area contributed by atoms with Crippen LogP contribution in [-0.2, 0) is 18.8 Å². The molecule has 2 aromatic heterocycles. The Kier molecular flexibility index (Phi) is 5.20. The van der Waals surface area contributed by atoms with Crippen LogP contribution in [0.1, 0.15) is 28.3 Å². The zero-order chi connectivity index (χ0) is 21.6. The van der Waals surface area contributed by atoms with Crippen molar-refractivity contribution < 1.29 is 26.3 Å². The van der Waals surface area contributed by atoms with Gasteiger partial charge in [0.1, 0.15) is 5.82 Å². The third kappa shape index (κ3) is 4.44. The molecule has 0 unspecified atom stereocenters. The molecule has 5 nitrogen and oxygen atoms in total. The highest BCUT2D eigenvalue weighted by Gasteiger charge is 2.38. The molecule has 1 aromatic carbocycles. The minimum absolute atomic E-state index is 0.108. The van der Waals surface area contributed by atoms with Crippen LogP contribution in [0.25, 0.3) is 5.82 Å². The standard InChI is InChI=1S/C17H12ClF6N5/c1-8-4-9(2-3-12(8)25)5-13-27-15(17(22,23)24)28-29(13)14-11(18)6-10(7-26-14)16(19,20)21/h2-4,6-7H,5,25H2,1H3. The second-order valence-corrected chi connectivity index (χ2v) is 6.56. The average molecular weight is 436 g/mol. The van der Waals surface area contributed by atoms with Crippen molar-refractivity contribution in [3.63, 3.8) is 0 Å². The lowest BCUT2D eigenvalue weighted by Gasteiger charge is -2.11. The van der Waals surface area contributed by atoms with Gasteiger partial charge in [0, 0.05) is 18.3 Å². The molecule has 0 amide bonds. The van der Waals surface area contributed by atoms with Crippen LogP contribution in [0, 0.1) is 6.92 Å². The molecule has 2 N–H and O–H groups in total. The molecule has 12 heteroatoms. The molecule has 2 heterocycles. The summed E-state index contributed by atoms with van der Waals surface area (Å²) in [7, 11) is 0. The Morgan fingerprint density at radius 1 is 1.07 bits per heavy atom. The van der Waals surface area contributed by atoms with Gasteiger partial charge in [-0.25, -0.2) is 9.97 Å². The van der Waals surface area contributed by atoms with Crippen LogP contribution in [0.2, 0.25) is 5.02 Å². The normalized spacial score (nSPS) is 12.4. The number of halogens is 7. The molecule has 0 saturated carbocycles. The Labute approximate surface area is 165 Å². The second-order valence-electron chi connectivity index (χ2n) is 6.16. The fourth-order valence-electron chi connectivity index (χ4n) is 2.52. The zero-order valence-electron chi connectivity index (χ0n) is 14.6. The first-order chi connectivity index (χ1) is 13.4. The Hall–Kier alpha value is -2.82. The molecule has 3 aromatic rings. The first-order valence-electron chi connectivity index (χ1n) is 7.97. The van der Waals surface area contributed by atoms with Crippen molar-refractivity contribution in [2.24, 2.45) is 0 Å². The summed E-state index contributed by atoms with van der Waals surface area (Å²) in [4.78, 5) is 7.06. The predicted octanol–water partition coefficient (Wildman–Crippen LogP) is 4.83. The van der Waals surface area contributed by atoms with E-state index in [1.807, 2.05) is 0 Å². The van der Waals surface area contributed by atoms with E-state index in [0.29, 0.717) is 33.8 Å². The van der Waals surface area contributed by atoms with Gasteiger partial charge in [0.15, 0.2) is 5.82 Å². The number of rotatable bonds is 3. The van der Waals surface area contributed by atoms with Crippen LogP contribution in [-0.4, -0.2) is 19.7 Å². The molecule has 0 radical (unpaired) electrons. The molecule has 0 aliphatic heterocycles. The summed E-state index contributed by atoms with van der Waals surface area (Å²) < 4.78 is 78.5. The molecular weight excluding hydrogens is 424 g/mol. The summed E-state index contributed by atoms with van der Waals surface area (Å²) in [5.41, 5.74) is 6.37. The van der Waals surface area contributed by atoms with Gasteiger partial charge in [-0.15, -0.1) is 5.10 Å². The van der Waals surface area contributed by atoms with Crippen molar-refractivity contribution in [3.8, 4) is 5.82 Å². The molecule has 0 atom stereocenters. The zero-order valence-corrected chi connectivity index (χ0v) is 15.4. The number of nitrogen functional groups attached to an aromatic ring is 1. The van der Waals surface area contributed by atoms with Gasteiger partial charge in [0.05, 0.1) is 10.6 Å². The summed E-state index contributed by atoms with van der Waals surface area (Å²) in [5.74, 6) is -2.06. The first kappa shape index (κ1) is 20.9. The molecule has 154 valence electrons. The highest BCUT2D eigenvalue weighted by molar-refractivity contribution is 6.32. The molecule has 0 saturated heterocycles. The average Bonchev–Trinajstić information content (AvgIpc) is 3.01. The lowest BCUT2D eigenvalue weighted by Crippen LogP contribution is -2.11. The SMILES string of the molecule is Cc1cc(Cc2nc(C(F)(F)F)nn2-c2ncc(C(F)(F)F)cc2Cl)ccc1N. The topological polar surface area (TPSA) is 69.6 Å². The van der Waals surface area contributed by atoms with Crippen LogP contribution < -0.4 is 5.73 Å². The predicted molar refractivity (Wildman–Crippen MR) is 92.6 cm³/mol. The van der Waals surface area contributed by atoms with Crippen molar-refractivity contribution in [2.45, 2.75) is 25.7 Å². The minimum atomic E-state index is -4.87. The number of aromatic nitrogens is 4. The Balaban J connectivity index is 2.10. The first-order valence-corrected chi connectivity index (χ1v) is 8.35. The molecule has 0 bridgehead atoms. The van der Waals surface area contributed by atoms with Gasteiger partial charge in [0.2, 0.25) is 0 Å². The van der Waals surface area contributed by atoms with E-state index in [4.69, 9.17) is 17.3 Å². The monoisotopic (exact) mass is 435 g/mol. The summed E-state index contributed by atoms with van der Waals surface area (Å²) in [5, 5.41) is 2.85. The van der Waals surface area contributed by atoms with Crippen molar-refractivity contribution in [2.75, 3.05) is 5.73 Å². The van der Waals surface area contributed by atoms with Gasteiger partial charge in [-0.3, -0.25) is 0 Å². The Morgan fingerprint density at radius 3 is 2.31 bits per heavy atom. The van der Waals surface area contributed by atoms with Crippen molar-refractivity contribution >= 4 is 17.3 Å². The summed E-state index contributed by atoms with van der Waals surface area (Å²) in [6.45, 7) is 1.72. The van der Waals surface area contributed by atoms with Crippen molar-refractivity contribution in [1.82, 2.24) is 19.7 Å². The van der Waals surface area contributed by atoms with Crippen LogP contribution in [0.15, 0.2) is 30.5 Å². The van der Waals surface area contributed by atoms with E-state index in [1.54, 1.807) is 25.1 Å². The highest BCUT2D eigenvalue weighted by Crippen LogP contribution is 2.33. The Bertz CT molecular complexity index is 1060. The summed E-state index contributed by atoms with van der Waals surface area (Å²) >= 11 is 5.87. The molecule has 0 fully saturated rings. The molecule has 0 aliphatic carbocycles. The molecule has 0 spiro atoms. The van der Waals surface area contributed by atoms with Crippen molar-refractivity contribution in [3.05, 3.63) is 63.8 Å². The molecule has 3 rings (SSSR count). The van der Waals surface area contributed by atoms with E-state index < -0.39 is 34.6 Å². The summed E-state index contributed by atoms with van der Waals surface area (Å²) in [6, 6.07) is 5.40. The number of benzene rings is 1. The van der Waals surface area contributed by atoms with E-state index in [1.165, 1.54) is 0 Å². The van der Waals surface area contributed by atoms with Crippen LogP contribution in [0.4, 0.5) is 32.0 Å². The lowest BCUT2D eigenvalue weighted by molar-refractivity contribution is -0.144. The fraction of sp³-hybridized carbons (Fsp3) is 0.235. The van der Waals surface area contributed by atoms with E-state index in [2.05, 4.69) is 15.1 Å². The van der Waals surface area contributed by atoms with E-state index in [-0.39, 0.29) is 12.2 Å². The summed E-state index contributed by atoms with van der Waals surface area (Å²) in [6.07, 6.45) is -9.22. The van der Waals surface area contributed by atoms with Gasteiger partial charge in [-0.2, -0.15) is 31.0 Å². The van der Waals surface area contributed by atoms with Crippen LogP contribution >= 0.6 is 11.6 Å². The van der Waals surface area contributed by atoms with Gasteiger partial charge in [-0.05, 0) is 30.2 Å². The van der Waals surface area contributed by atoms with E-state index in [9.17, 15) is 26.3 Å². The number of hydrogen-bond acceptors (Lipinski definition) is 4. The van der Waals surface area contributed by atoms with Crippen molar-refractivity contribution in [1.29, 1.82) is 0 Å². The highest BCUT2D eigenvalue weighted by atomic mass is 35.5. The fourth-order valence-corrected chi connectivity index (χ4v) is 2.77. The molecular formula is C17H12ClF6N5. The van der Waals surface area contributed by atoms with E-state index in [0.717, 1.165) is 0 Å². The lowest BCUT2D eigenvalue weighted by atomic mass is 10.1. The van der Waals surface area contributed by atoms with Crippen LogP contribution in [0.3, 0.4) is 0 Å². The maximum Gasteiger partial charge on any atom is 0.453 e. The maximum absolute atomic E-state index is 13.1. The Morgan fingerprint density at radius 2 is 1.76 bits per heavy atom. The quantitative estimate of drug-likeness (QED) is 0.472. The minimum Gasteiger partial charge on any atom is -0.399 e. The smallest absolute Gasteiger partial charge is 0.399 e. The van der Waals surface area contributed by atoms with Gasteiger partial charge >= 0.3 is 12.4 Å². The number of nitrogens with zero attached hydrogens (tertiary/aromatic N) is 4. The largest absolute Gasteiger partial charge is 0.453 e. The van der Waals surface area contributed by atoms with Gasteiger partial charge < -0.3 is 5.73 Å². The third-order valence-corrected chi connectivity index (χ3v) is 4.25. The van der Waals surface area contributed by atoms with Crippen LogP contribution in [0.5, 0.6) is 0 Å². The molecule has 0 aliphatic rings. The van der Waals surface area contributed by atoms with Gasteiger partial charge in [-0.1, -0.05) is 23.7 Å². The maximum atomic E-state index is 13.1. The molecule has 29 heavy (non-hydrogen) atoms. The number of nitrogens with two attached hydrogens (primary N) is 1. The van der Waals surface area contributed by atoms with Gasteiger partial charge in [0.25, 0.3) is 5.82 Å². The number of anilines is 1. The number of alkyl halides is 6.